The Kier molecular flexibility index (Phi) is 3.14. The van der Waals surface area contributed by atoms with Crippen molar-refractivity contribution in [1.82, 2.24) is 0 Å². The molecule has 84 valence electrons. The fourth-order valence-electron chi connectivity index (χ4n) is 1.44. The van der Waals surface area contributed by atoms with E-state index in [9.17, 15) is 9.50 Å². The van der Waals surface area contributed by atoms with Crippen LogP contribution in [-0.4, -0.2) is 5.11 Å². The van der Waals surface area contributed by atoms with E-state index in [1.807, 2.05) is 17.5 Å². The number of nitrogens with two attached hydrogens (primary N) is 1. The molecule has 0 aliphatic heterocycles. The molecule has 16 heavy (non-hydrogen) atoms. The lowest BCUT2D eigenvalue weighted by atomic mass is 10.0. The number of phenolic OH excluding ortho intramolecular Hbond substituents is 1. The average Bonchev–Trinajstić information content (AvgIpc) is 2.75. The van der Waals surface area contributed by atoms with Crippen molar-refractivity contribution in [2.24, 2.45) is 5.73 Å². The van der Waals surface area contributed by atoms with E-state index in [2.05, 4.69) is 0 Å². The molecule has 1 aromatic carbocycles. The van der Waals surface area contributed by atoms with Crippen molar-refractivity contribution >= 4 is 22.9 Å². The van der Waals surface area contributed by atoms with E-state index < -0.39 is 11.9 Å². The van der Waals surface area contributed by atoms with Gasteiger partial charge in [-0.15, -0.1) is 11.3 Å². The van der Waals surface area contributed by atoms with Gasteiger partial charge >= 0.3 is 0 Å². The fourth-order valence-corrected chi connectivity index (χ4v) is 2.40. The van der Waals surface area contributed by atoms with Gasteiger partial charge in [0, 0.05) is 10.4 Å². The first kappa shape index (κ1) is 11.4. The summed E-state index contributed by atoms with van der Waals surface area (Å²) in [6.07, 6.45) is 0. The summed E-state index contributed by atoms with van der Waals surface area (Å²) in [4.78, 5) is 0.844. The average molecular weight is 258 g/mol. The highest BCUT2D eigenvalue weighted by molar-refractivity contribution is 7.10. The van der Waals surface area contributed by atoms with Crippen LogP contribution in [0.4, 0.5) is 4.39 Å². The maximum atomic E-state index is 13.2. The summed E-state index contributed by atoms with van der Waals surface area (Å²) in [5.41, 5.74) is 6.22. The van der Waals surface area contributed by atoms with Crippen molar-refractivity contribution in [3.63, 3.8) is 0 Å². The first-order valence-corrected chi connectivity index (χ1v) is 5.82. The Hall–Kier alpha value is -1.10. The molecule has 1 atom stereocenters. The van der Waals surface area contributed by atoms with Gasteiger partial charge < -0.3 is 10.8 Å². The SMILES string of the molecule is N[C@H](c1cccs1)c1cc(F)cc(Cl)c1O. The second-order valence-corrected chi connectivity index (χ2v) is 4.71. The van der Waals surface area contributed by atoms with Crippen LogP contribution in [0.3, 0.4) is 0 Å². The van der Waals surface area contributed by atoms with Gasteiger partial charge in [-0.3, -0.25) is 0 Å². The molecule has 0 amide bonds. The van der Waals surface area contributed by atoms with E-state index >= 15 is 0 Å². The molecule has 0 bridgehead atoms. The molecule has 2 rings (SSSR count). The lowest BCUT2D eigenvalue weighted by Gasteiger charge is -2.13. The van der Waals surface area contributed by atoms with Gasteiger partial charge in [-0.05, 0) is 23.6 Å². The molecule has 3 N–H and O–H groups in total. The van der Waals surface area contributed by atoms with Gasteiger partial charge in [0.05, 0.1) is 11.1 Å². The van der Waals surface area contributed by atoms with Crippen molar-refractivity contribution in [3.8, 4) is 5.75 Å². The van der Waals surface area contributed by atoms with Gasteiger partial charge in [0.1, 0.15) is 11.6 Å². The van der Waals surface area contributed by atoms with Crippen LogP contribution in [0.2, 0.25) is 5.02 Å². The summed E-state index contributed by atoms with van der Waals surface area (Å²) in [5.74, 6) is -0.672. The van der Waals surface area contributed by atoms with Crippen molar-refractivity contribution in [3.05, 3.63) is 50.9 Å². The van der Waals surface area contributed by atoms with Gasteiger partial charge in [-0.25, -0.2) is 4.39 Å². The van der Waals surface area contributed by atoms with E-state index in [4.69, 9.17) is 17.3 Å². The highest BCUT2D eigenvalue weighted by Crippen LogP contribution is 2.35. The first-order chi connectivity index (χ1) is 7.59. The normalized spacial score (nSPS) is 12.7. The van der Waals surface area contributed by atoms with E-state index in [0.717, 1.165) is 10.9 Å². The number of hydrogen-bond acceptors (Lipinski definition) is 3. The maximum Gasteiger partial charge on any atom is 0.139 e. The summed E-state index contributed by atoms with van der Waals surface area (Å²) < 4.78 is 13.2. The smallest absolute Gasteiger partial charge is 0.139 e. The van der Waals surface area contributed by atoms with Gasteiger partial charge in [0.15, 0.2) is 0 Å². The molecule has 5 heteroatoms. The third-order valence-electron chi connectivity index (χ3n) is 2.24. The lowest BCUT2D eigenvalue weighted by molar-refractivity contribution is 0.463. The molecular weight excluding hydrogens is 249 g/mol. The minimum absolute atomic E-state index is 0.0259. The zero-order chi connectivity index (χ0) is 11.7. The number of thiophene rings is 1. The molecule has 0 radical (unpaired) electrons. The summed E-state index contributed by atoms with van der Waals surface area (Å²) in [7, 11) is 0. The van der Waals surface area contributed by atoms with Crippen molar-refractivity contribution in [2.45, 2.75) is 6.04 Å². The van der Waals surface area contributed by atoms with Crippen LogP contribution >= 0.6 is 22.9 Å². The zero-order valence-electron chi connectivity index (χ0n) is 8.15. The predicted octanol–water partition coefficient (Wildman–Crippen LogP) is 3.29. The van der Waals surface area contributed by atoms with Crippen LogP contribution in [0.1, 0.15) is 16.5 Å². The van der Waals surface area contributed by atoms with Gasteiger partial charge in [0.2, 0.25) is 0 Å². The van der Waals surface area contributed by atoms with Crippen LogP contribution in [-0.2, 0) is 0 Å². The van der Waals surface area contributed by atoms with Crippen molar-refractivity contribution in [2.75, 3.05) is 0 Å². The molecule has 0 aliphatic carbocycles. The van der Waals surface area contributed by atoms with Crippen molar-refractivity contribution in [1.29, 1.82) is 0 Å². The van der Waals surface area contributed by atoms with E-state index in [1.165, 1.54) is 17.4 Å². The third kappa shape index (κ3) is 2.04. The Bertz CT molecular complexity index is 501. The van der Waals surface area contributed by atoms with Crippen LogP contribution in [0.5, 0.6) is 5.75 Å². The molecule has 0 saturated heterocycles. The molecule has 0 aliphatic rings. The van der Waals surface area contributed by atoms with Gasteiger partial charge in [0.25, 0.3) is 0 Å². The Morgan fingerprint density at radius 1 is 1.44 bits per heavy atom. The fraction of sp³-hybridized carbons (Fsp3) is 0.0909. The molecule has 2 aromatic rings. The van der Waals surface area contributed by atoms with Gasteiger partial charge in [-0.2, -0.15) is 0 Å². The number of hydrogen-bond donors (Lipinski definition) is 2. The standard InChI is InChI=1S/C11H9ClFNOS/c12-8-5-6(13)4-7(11(8)15)10(14)9-2-1-3-16-9/h1-5,10,15H,14H2/t10-/m0/s1. The summed E-state index contributed by atoms with van der Waals surface area (Å²) in [5, 5.41) is 11.6. The van der Waals surface area contributed by atoms with E-state index in [1.54, 1.807) is 0 Å². The van der Waals surface area contributed by atoms with Crippen molar-refractivity contribution < 1.29 is 9.50 Å². The monoisotopic (exact) mass is 257 g/mol. The third-order valence-corrected chi connectivity index (χ3v) is 3.49. The topological polar surface area (TPSA) is 46.2 Å². The van der Waals surface area contributed by atoms with E-state index in [0.29, 0.717) is 5.56 Å². The molecular formula is C11H9ClFNOS. The molecule has 1 heterocycles. The van der Waals surface area contributed by atoms with Gasteiger partial charge in [-0.1, -0.05) is 17.7 Å². The summed E-state index contributed by atoms with van der Waals surface area (Å²) >= 11 is 7.13. The Labute approximate surface area is 101 Å². The summed E-state index contributed by atoms with van der Waals surface area (Å²) in [6.45, 7) is 0. The van der Waals surface area contributed by atoms with Crippen LogP contribution in [0.15, 0.2) is 29.6 Å². The number of halogens is 2. The minimum Gasteiger partial charge on any atom is -0.506 e. The highest BCUT2D eigenvalue weighted by atomic mass is 35.5. The van der Waals surface area contributed by atoms with Crippen LogP contribution < -0.4 is 5.73 Å². The number of benzene rings is 1. The predicted molar refractivity (Wildman–Crippen MR) is 63.4 cm³/mol. The highest BCUT2D eigenvalue weighted by Gasteiger charge is 2.17. The molecule has 0 unspecified atom stereocenters. The van der Waals surface area contributed by atoms with E-state index in [-0.39, 0.29) is 10.8 Å². The largest absolute Gasteiger partial charge is 0.506 e. The minimum atomic E-state index is -0.562. The lowest BCUT2D eigenvalue weighted by Crippen LogP contribution is -2.10. The molecule has 0 saturated carbocycles. The molecule has 2 nitrogen and oxygen atoms in total. The first-order valence-electron chi connectivity index (χ1n) is 4.56. The molecule has 0 fully saturated rings. The van der Waals surface area contributed by atoms with Crippen LogP contribution in [0, 0.1) is 5.82 Å². The Morgan fingerprint density at radius 2 is 2.19 bits per heavy atom. The quantitative estimate of drug-likeness (QED) is 0.867. The number of rotatable bonds is 2. The summed E-state index contributed by atoms with van der Waals surface area (Å²) in [6, 6.07) is 5.37. The number of phenols is 1. The zero-order valence-corrected chi connectivity index (χ0v) is 9.73. The second kappa shape index (κ2) is 4.41. The maximum absolute atomic E-state index is 13.2. The molecule has 1 aromatic heterocycles. The number of aromatic hydroxyl groups is 1. The Morgan fingerprint density at radius 3 is 2.81 bits per heavy atom. The molecule has 0 spiro atoms. The second-order valence-electron chi connectivity index (χ2n) is 3.32. The Balaban J connectivity index is 2.48. The van der Waals surface area contributed by atoms with Crippen LogP contribution in [0.25, 0.3) is 0 Å².